The standard InChI is InChI=1S/C30H44O8/c1-19-9-7-13-27(3)21(35-27)11-16-30(6)24(38-30)18-34-26(32)20(2)10-8-14-28(4)22(36-28)12-15-29(5)23(37-29)17-33-25(19)31/h9-10,21-24H,7-8,11-18H2,1-6H3/b19-9+,20-10+/t21-,22-,23+,24+,27-,28-,29-,30-/m1/s1. The summed E-state index contributed by atoms with van der Waals surface area (Å²) in [5.74, 6) is -0.565. The fourth-order valence-electron chi connectivity index (χ4n) is 5.88. The Balaban J connectivity index is 1.17. The smallest absolute Gasteiger partial charge is 0.333 e. The molecule has 8 atom stereocenters. The fourth-order valence-corrected chi connectivity index (χ4v) is 5.88. The molecule has 0 aromatic carbocycles. The van der Waals surface area contributed by atoms with E-state index in [1.165, 1.54) is 0 Å². The van der Waals surface area contributed by atoms with E-state index in [1.807, 2.05) is 12.2 Å². The summed E-state index contributed by atoms with van der Waals surface area (Å²) >= 11 is 0. The molecule has 4 fully saturated rings. The van der Waals surface area contributed by atoms with Gasteiger partial charge < -0.3 is 28.4 Å². The average molecular weight is 533 g/mol. The number of fused-ring (bicyclic) bond motifs is 4. The molecule has 5 aliphatic rings. The highest BCUT2D eigenvalue weighted by Gasteiger charge is 2.58. The average Bonchev–Trinajstić information content (AvgIpc) is 3.80. The zero-order valence-corrected chi connectivity index (χ0v) is 23.8. The van der Waals surface area contributed by atoms with Crippen molar-refractivity contribution in [2.24, 2.45) is 0 Å². The van der Waals surface area contributed by atoms with E-state index in [4.69, 9.17) is 28.4 Å². The van der Waals surface area contributed by atoms with E-state index in [9.17, 15) is 9.59 Å². The lowest BCUT2D eigenvalue weighted by Crippen LogP contribution is -2.19. The highest BCUT2D eigenvalue weighted by atomic mass is 16.6. The number of ether oxygens (including phenoxy) is 6. The molecule has 0 saturated carbocycles. The Kier molecular flexibility index (Phi) is 7.34. The summed E-state index contributed by atoms with van der Waals surface area (Å²) in [4.78, 5) is 25.0. The van der Waals surface area contributed by atoms with Crippen molar-refractivity contribution in [1.82, 2.24) is 0 Å². The van der Waals surface area contributed by atoms with E-state index in [1.54, 1.807) is 13.8 Å². The quantitative estimate of drug-likeness (QED) is 0.326. The van der Waals surface area contributed by atoms with Crippen molar-refractivity contribution in [2.45, 2.75) is 140 Å². The van der Waals surface area contributed by atoms with Crippen molar-refractivity contribution < 1.29 is 38.0 Å². The third-order valence-electron chi connectivity index (χ3n) is 9.51. The summed E-state index contributed by atoms with van der Waals surface area (Å²) in [6.45, 7) is 12.5. The number of cyclic esters (lactones) is 2. The molecule has 4 saturated heterocycles. The van der Waals surface area contributed by atoms with Gasteiger partial charge >= 0.3 is 11.9 Å². The summed E-state index contributed by atoms with van der Waals surface area (Å²) in [5, 5.41) is 0. The van der Waals surface area contributed by atoms with Gasteiger partial charge in [-0.3, -0.25) is 0 Å². The first-order valence-corrected chi connectivity index (χ1v) is 14.2. The van der Waals surface area contributed by atoms with E-state index < -0.39 is 0 Å². The second-order valence-electron chi connectivity index (χ2n) is 12.8. The molecule has 8 nitrogen and oxygen atoms in total. The molecule has 38 heavy (non-hydrogen) atoms. The van der Waals surface area contributed by atoms with Crippen LogP contribution in [0.1, 0.15) is 92.9 Å². The zero-order chi connectivity index (χ0) is 27.3. The zero-order valence-electron chi connectivity index (χ0n) is 23.8. The number of rotatable bonds is 0. The van der Waals surface area contributed by atoms with E-state index >= 15 is 0 Å². The molecule has 212 valence electrons. The lowest BCUT2D eigenvalue weighted by atomic mass is 9.93. The van der Waals surface area contributed by atoms with Crippen LogP contribution in [0.5, 0.6) is 0 Å². The molecule has 0 bridgehead atoms. The lowest BCUT2D eigenvalue weighted by molar-refractivity contribution is -0.140. The number of hydrogen-bond donors (Lipinski definition) is 0. The molecule has 0 spiro atoms. The summed E-state index contributed by atoms with van der Waals surface area (Å²) in [6, 6.07) is 0. The highest BCUT2D eigenvalue weighted by molar-refractivity contribution is 5.88. The Morgan fingerprint density at radius 1 is 0.579 bits per heavy atom. The topological polar surface area (TPSA) is 103 Å². The minimum Gasteiger partial charge on any atom is -0.459 e. The SMILES string of the molecule is C/C1=C\CC[C@@]2(C)O[C@@H]2CC[C@@]2(C)O[C@H]2COC(=O)/C(C)=C/CC[C@@]2(C)O[C@@H]2CC[C@@]2(C)O[C@H]2COC1=O. The minimum atomic E-state index is -0.283. The van der Waals surface area contributed by atoms with Gasteiger partial charge in [0.05, 0.1) is 34.6 Å². The molecule has 5 aliphatic heterocycles. The second-order valence-corrected chi connectivity index (χ2v) is 12.8. The van der Waals surface area contributed by atoms with Crippen LogP contribution in [0.15, 0.2) is 23.3 Å². The van der Waals surface area contributed by atoms with Crippen molar-refractivity contribution in [3.05, 3.63) is 23.3 Å². The number of epoxide rings is 4. The summed E-state index contributed by atoms with van der Waals surface area (Å²) in [6.07, 6.45) is 10.8. The highest BCUT2D eigenvalue weighted by Crippen LogP contribution is 2.49. The lowest BCUT2D eigenvalue weighted by Gasteiger charge is -2.09. The molecule has 0 aliphatic carbocycles. The van der Waals surface area contributed by atoms with Gasteiger partial charge in [-0.1, -0.05) is 12.2 Å². The van der Waals surface area contributed by atoms with Gasteiger partial charge in [0.25, 0.3) is 0 Å². The minimum absolute atomic E-state index is 0.0733. The van der Waals surface area contributed by atoms with Gasteiger partial charge in [-0.2, -0.15) is 0 Å². The second kappa shape index (κ2) is 10.0. The van der Waals surface area contributed by atoms with Crippen LogP contribution in [0.4, 0.5) is 0 Å². The number of esters is 2. The molecule has 8 heteroatoms. The molecular weight excluding hydrogens is 488 g/mol. The van der Waals surface area contributed by atoms with Crippen molar-refractivity contribution >= 4 is 11.9 Å². The van der Waals surface area contributed by atoms with Crippen molar-refractivity contribution in [3.63, 3.8) is 0 Å². The first kappa shape index (κ1) is 27.8. The van der Waals surface area contributed by atoms with E-state index in [-0.39, 0.29) is 72.0 Å². The van der Waals surface area contributed by atoms with Crippen molar-refractivity contribution in [3.8, 4) is 0 Å². The first-order valence-electron chi connectivity index (χ1n) is 14.2. The molecule has 0 unspecified atom stereocenters. The fraction of sp³-hybridized carbons (Fsp3) is 0.800. The molecule has 5 rings (SSSR count). The molecule has 0 amide bonds. The van der Waals surface area contributed by atoms with Crippen LogP contribution in [0.25, 0.3) is 0 Å². The molecule has 5 heterocycles. The van der Waals surface area contributed by atoms with Crippen LogP contribution in [0.3, 0.4) is 0 Å². The Morgan fingerprint density at radius 2 is 0.921 bits per heavy atom. The predicted molar refractivity (Wildman–Crippen MR) is 139 cm³/mol. The third kappa shape index (κ3) is 6.19. The Hall–Kier alpha value is -1.74. The van der Waals surface area contributed by atoms with Gasteiger partial charge in [0.15, 0.2) is 0 Å². The Labute approximate surface area is 226 Å². The van der Waals surface area contributed by atoms with Gasteiger partial charge in [0.1, 0.15) is 25.4 Å². The van der Waals surface area contributed by atoms with E-state index in [2.05, 4.69) is 27.7 Å². The van der Waals surface area contributed by atoms with E-state index in [0.29, 0.717) is 11.1 Å². The maximum atomic E-state index is 12.5. The maximum Gasteiger partial charge on any atom is 0.333 e. The summed E-state index contributed by atoms with van der Waals surface area (Å²) in [7, 11) is 0. The molecule has 0 radical (unpaired) electrons. The van der Waals surface area contributed by atoms with Gasteiger partial charge in [-0.05, 0) is 92.9 Å². The van der Waals surface area contributed by atoms with Crippen molar-refractivity contribution in [2.75, 3.05) is 13.2 Å². The predicted octanol–water partition coefficient (Wildman–Crippen LogP) is 4.73. The number of carbonyl (C=O) groups excluding carboxylic acids is 2. The Morgan fingerprint density at radius 3 is 1.32 bits per heavy atom. The Bertz CT molecular complexity index is 940. The van der Waals surface area contributed by atoms with Crippen LogP contribution >= 0.6 is 0 Å². The molecule has 0 aromatic rings. The van der Waals surface area contributed by atoms with Gasteiger partial charge in [-0.15, -0.1) is 0 Å². The first-order chi connectivity index (χ1) is 17.9. The van der Waals surface area contributed by atoms with Gasteiger partial charge in [-0.25, -0.2) is 9.59 Å². The van der Waals surface area contributed by atoms with Crippen LogP contribution in [0.2, 0.25) is 0 Å². The summed E-state index contributed by atoms with van der Waals surface area (Å²) < 4.78 is 34.9. The van der Waals surface area contributed by atoms with E-state index in [0.717, 1.165) is 51.4 Å². The maximum absolute atomic E-state index is 12.5. The number of allylic oxidation sites excluding steroid dienone is 2. The van der Waals surface area contributed by atoms with Crippen molar-refractivity contribution in [1.29, 1.82) is 0 Å². The molecule has 0 N–H and O–H groups in total. The van der Waals surface area contributed by atoms with Gasteiger partial charge in [0, 0.05) is 11.1 Å². The van der Waals surface area contributed by atoms with Crippen LogP contribution in [0, 0.1) is 0 Å². The monoisotopic (exact) mass is 532 g/mol. The molecular formula is C30H44O8. The number of carbonyl (C=O) groups is 2. The largest absolute Gasteiger partial charge is 0.459 e. The number of hydrogen-bond acceptors (Lipinski definition) is 8. The van der Waals surface area contributed by atoms with Crippen LogP contribution in [-0.4, -0.2) is 72.0 Å². The normalized spacial score (nSPS) is 49.2. The molecule has 0 aromatic heterocycles. The summed E-state index contributed by atoms with van der Waals surface area (Å²) in [5.41, 5.74) is 0.348. The van der Waals surface area contributed by atoms with Gasteiger partial charge in [0.2, 0.25) is 0 Å². The third-order valence-corrected chi connectivity index (χ3v) is 9.51. The van der Waals surface area contributed by atoms with Crippen LogP contribution < -0.4 is 0 Å². The van der Waals surface area contributed by atoms with Crippen LogP contribution in [-0.2, 0) is 38.0 Å².